The number of aromatic nitrogens is 1. The predicted octanol–water partition coefficient (Wildman–Crippen LogP) is 2.18. The van der Waals surface area contributed by atoms with Crippen molar-refractivity contribution in [2.24, 2.45) is 0 Å². The van der Waals surface area contributed by atoms with Gasteiger partial charge in [-0.2, -0.15) is 13.2 Å². The Labute approximate surface area is 124 Å². The first-order chi connectivity index (χ1) is 9.86. The van der Waals surface area contributed by atoms with Crippen molar-refractivity contribution in [3.63, 3.8) is 0 Å². The Bertz CT molecular complexity index is 485. The molecular weight excluding hydrogens is 305 g/mol. The summed E-state index contributed by atoms with van der Waals surface area (Å²) in [6, 6.07) is 2.22. The van der Waals surface area contributed by atoms with Crippen LogP contribution >= 0.6 is 11.8 Å². The molecule has 0 atom stereocenters. The summed E-state index contributed by atoms with van der Waals surface area (Å²) in [4.78, 5) is 17.3. The van der Waals surface area contributed by atoms with Crippen molar-refractivity contribution in [1.29, 1.82) is 0 Å². The van der Waals surface area contributed by atoms with E-state index in [-0.39, 0.29) is 17.8 Å². The van der Waals surface area contributed by atoms with Gasteiger partial charge in [-0.3, -0.25) is 4.79 Å². The van der Waals surface area contributed by atoms with Crippen LogP contribution in [0.5, 0.6) is 0 Å². The molecule has 21 heavy (non-hydrogen) atoms. The molecule has 2 heterocycles. The van der Waals surface area contributed by atoms with Gasteiger partial charge in [0.25, 0.3) is 0 Å². The number of pyridine rings is 1. The zero-order chi connectivity index (χ0) is 15.5. The van der Waals surface area contributed by atoms with Crippen molar-refractivity contribution in [3.8, 4) is 0 Å². The maximum absolute atomic E-state index is 12.4. The topological polar surface area (TPSA) is 53.4 Å². The summed E-state index contributed by atoms with van der Waals surface area (Å²) in [5, 5.41) is 9.75. The molecule has 4 nitrogen and oxygen atoms in total. The Morgan fingerprint density at radius 2 is 2.05 bits per heavy atom. The highest BCUT2D eigenvalue weighted by atomic mass is 32.2. The van der Waals surface area contributed by atoms with Gasteiger partial charge in [-0.1, -0.05) is 11.8 Å². The van der Waals surface area contributed by atoms with E-state index in [2.05, 4.69) is 4.98 Å². The molecule has 0 spiro atoms. The van der Waals surface area contributed by atoms with Crippen molar-refractivity contribution >= 4 is 17.7 Å². The predicted molar refractivity (Wildman–Crippen MR) is 71.8 cm³/mol. The molecule has 1 aliphatic heterocycles. The third-order valence-corrected chi connectivity index (χ3v) is 4.15. The molecule has 0 aromatic carbocycles. The van der Waals surface area contributed by atoms with E-state index in [9.17, 15) is 23.1 Å². The van der Waals surface area contributed by atoms with Crippen LogP contribution in [0.2, 0.25) is 0 Å². The van der Waals surface area contributed by atoms with Gasteiger partial charge in [0.1, 0.15) is 0 Å². The molecule has 1 saturated heterocycles. The number of hydrogen-bond acceptors (Lipinski definition) is 4. The standard InChI is InChI=1S/C13H15F3N2O2S/c14-13(15,16)9-1-2-11(17-7-9)21-8-12(20)18-5-3-10(19)4-6-18/h1-2,7,10,19H,3-6,8H2. The lowest BCUT2D eigenvalue weighted by molar-refractivity contribution is -0.138. The fourth-order valence-corrected chi connectivity index (χ4v) is 2.72. The normalized spacial score (nSPS) is 17.0. The van der Waals surface area contributed by atoms with E-state index in [0.29, 0.717) is 31.0 Å². The Morgan fingerprint density at radius 1 is 1.38 bits per heavy atom. The Kier molecular flexibility index (Phi) is 5.10. The van der Waals surface area contributed by atoms with Gasteiger partial charge in [-0.25, -0.2) is 4.98 Å². The van der Waals surface area contributed by atoms with Crippen LogP contribution in [-0.4, -0.2) is 45.8 Å². The number of amides is 1. The maximum atomic E-state index is 12.4. The Hall–Kier alpha value is -1.28. The molecule has 0 bridgehead atoms. The van der Waals surface area contributed by atoms with Crippen LogP contribution in [0.3, 0.4) is 0 Å². The van der Waals surface area contributed by atoms with Crippen molar-refractivity contribution in [3.05, 3.63) is 23.9 Å². The second-order valence-corrected chi connectivity index (χ2v) is 5.78. The molecule has 1 aliphatic rings. The molecule has 0 unspecified atom stereocenters. The smallest absolute Gasteiger partial charge is 0.393 e. The van der Waals surface area contributed by atoms with Gasteiger partial charge >= 0.3 is 6.18 Å². The summed E-state index contributed by atoms with van der Waals surface area (Å²) in [6.45, 7) is 1.03. The number of alkyl halides is 3. The molecule has 0 saturated carbocycles. The van der Waals surface area contributed by atoms with Crippen LogP contribution in [0.1, 0.15) is 18.4 Å². The number of halogens is 3. The van der Waals surface area contributed by atoms with Crippen LogP contribution in [0, 0.1) is 0 Å². The van der Waals surface area contributed by atoms with Crippen LogP contribution in [0.4, 0.5) is 13.2 Å². The van der Waals surface area contributed by atoms with Crippen LogP contribution in [-0.2, 0) is 11.0 Å². The van der Waals surface area contributed by atoms with Crippen LogP contribution in [0.25, 0.3) is 0 Å². The summed E-state index contributed by atoms with van der Waals surface area (Å²) in [5.74, 6) is 0.0441. The number of aliphatic hydroxyl groups is 1. The minimum absolute atomic E-state index is 0.0893. The lowest BCUT2D eigenvalue weighted by Crippen LogP contribution is -2.40. The molecule has 1 amide bonds. The van der Waals surface area contributed by atoms with Crippen LogP contribution in [0.15, 0.2) is 23.4 Å². The van der Waals surface area contributed by atoms with Gasteiger partial charge in [0.2, 0.25) is 5.91 Å². The largest absolute Gasteiger partial charge is 0.417 e. The number of thioether (sulfide) groups is 1. The number of likely N-dealkylation sites (tertiary alicyclic amines) is 1. The van der Waals surface area contributed by atoms with Gasteiger partial charge in [0, 0.05) is 19.3 Å². The molecule has 1 aromatic heterocycles. The van der Waals surface area contributed by atoms with Crippen LogP contribution < -0.4 is 0 Å². The quantitative estimate of drug-likeness (QED) is 0.867. The highest BCUT2D eigenvalue weighted by Gasteiger charge is 2.30. The number of hydrogen-bond donors (Lipinski definition) is 1. The summed E-state index contributed by atoms with van der Waals surface area (Å²) >= 11 is 1.11. The molecule has 1 N–H and O–H groups in total. The first kappa shape index (κ1) is 16.1. The SMILES string of the molecule is O=C(CSc1ccc(C(F)(F)F)cn1)N1CCC(O)CC1. The average molecular weight is 320 g/mol. The molecule has 116 valence electrons. The van der Waals surface area contributed by atoms with Crippen molar-refractivity contribution in [1.82, 2.24) is 9.88 Å². The van der Waals surface area contributed by atoms with E-state index in [1.807, 2.05) is 0 Å². The van der Waals surface area contributed by atoms with Gasteiger partial charge in [0.15, 0.2) is 0 Å². The van der Waals surface area contributed by atoms with Gasteiger partial charge in [-0.15, -0.1) is 0 Å². The minimum Gasteiger partial charge on any atom is -0.393 e. The van der Waals surface area contributed by atoms with Gasteiger partial charge < -0.3 is 10.0 Å². The second kappa shape index (κ2) is 6.65. The third-order valence-electron chi connectivity index (χ3n) is 3.22. The number of rotatable bonds is 3. The Morgan fingerprint density at radius 3 is 2.57 bits per heavy atom. The summed E-state index contributed by atoms with van der Waals surface area (Å²) in [6.07, 6.45) is -2.85. The summed E-state index contributed by atoms with van der Waals surface area (Å²) in [7, 11) is 0. The zero-order valence-corrected chi connectivity index (χ0v) is 12.0. The highest BCUT2D eigenvalue weighted by molar-refractivity contribution is 7.99. The van der Waals surface area contributed by atoms with Crippen molar-refractivity contribution in [2.45, 2.75) is 30.1 Å². The minimum atomic E-state index is -4.40. The summed E-state index contributed by atoms with van der Waals surface area (Å²) < 4.78 is 37.1. The molecule has 8 heteroatoms. The molecule has 1 aromatic rings. The van der Waals surface area contributed by atoms with E-state index in [1.165, 1.54) is 6.07 Å². The highest BCUT2D eigenvalue weighted by Crippen LogP contribution is 2.29. The average Bonchev–Trinajstić information content (AvgIpc) is 2.45. The maximum Gasteiger partial charge on any atom is 0.417 e. The first-order valence-electron chi connectivity index (χ1n) is 6.48. The number of carbonyl (C=O) groups excluding carboxylic acids is 1. The van der Waals surface area contributed by atoms with E-state index in [4.69, 9.17) is 0 Å². The number of piperidine rings is 1. The molecule has 0 radical (unpaired) electrons. The molecule has 2 rings (SSSR count). The van der Waals surface area contributed by atoms with Crippen molar-refractivity contribution < 1.29 is 23.1 Å². The van der Waals surface area contributed by atoms with Gasteiger partial charge in [0.05, 0.1) is 22.4 Å². The Balaban J connectivity index is 1.84. The van der Waals surface area contributed by atoms with Crippen molar-refractivity contribution in [2.75, 3.05) is 18.8 Å². The van der Waals surface area contributed by atoms with E-state index in [1.54, 1.807) is 4.90 Å². The third kappa shape index (κ3) is 4.60. The summed E-state index contributed by atoms with van der Waals surface area (Å²) in [5.41, 5.74) is -0.803. The number of aliphatic hydroxyl groups excluding tert-OH is 1. The number of nitrogens with zero attached hydrogens (tertiary/aromatic N) is 2. The first-order valence-corrected chi connectivity index (χ1v) is 7.46. The fourth-order valence-electron chi connectivity index (χ4n) is 1.98. The van der Waals surface area contributed by atoms with E-state index in [0.717, 1.165) is 24.0 Å². The fraction of sp³-hybridized carbons (Fsp3) is 0.538. The van der Waals surface area contributed by atoms with E-state index >= 15 is 0 Å². The lowest BCUT2D eigenvalue weighted by atomic mass is 10.1. The number of carbonyl (C=O) groups is 1. The second-order valence-electron chi connectivity index (χ2n) is 4.78. The lowest BCUT2D eigenvalue weighted by Gasteiger charge is -2.29. The molecular formula is C13H15F3N2O2S. The van der Waals surface area contributed by atoms with E-state index < -0.39 is 11.7 Å². The molecule has 0 aliphatic carbocycles. The zero-order valence-electron chi connectivity index (χ0n) is 11.1. The molecule has 1 fully saturated rings. The monoisotopic (exact) mass is 320 g/mol. The van der Waals surface area contributed by atoms with Gasteiger partial charge in [-0.05, 0) is 25.0 Å².